The van der Waals surface area contributed by atoms with E-state index >= 15 is 0 Å². The molecule has 1 aliphatic heterocycles. The SMILES string of the molecule is COCc1ccccc1NC(=O)N1CC(O)CC1C(=O)O. The second-order valence-electron chi connectivity index (χ2n) is 4.92. The van der Waals surface area contributed by atoms with E-state index in [4.69, 9.17) is 9.84 Å². The number of para-hydroxylation sites is 1. The highest BCUT2D eigenvalue weighted by Crippen LogP contribution is 2.21. The quantitative estimate of drug-likeness (QED) is 0.765. The normalized spacial score (nSPS) is 21.3. The number of nitrogens with zero attached hydrogens (tertiary/aromatic N) is 1. The molecule has 0 bridgehead atoms. The number of carboxylic acid groups (broad SMARTS) is 1. The minimum Gasteiger partial charge on any atom is -0.480 e. The molecule has 1 heterocycles. The van der Waals surface area contributed by atoms with Gasteiger partial charge in [0.1, 0.15) is 6.04 Å². The zero-order valence-electron chi connectivity index (χ0n) is 11.7. The van der Waals surface area contributed by atoms with Crippen molar-refractivity contribution in [3.63, 3.8) is 0 Å². The Bertz CT molecular complexity index is 534. The van der Waals surface area contributed by atoms with Gasteiger partial charge in [0.25, 0.3) is 0 Å². The zero-order chi connectivity index (χ0) is 15.4. The summed E-state index contributed by atoms with van der Waals surface area (Å²) in [4.78, 5) is 24.5. The Kier molecular flexibility index (Phi) is 4.77. The fourth-order valence-corrected chi connectivity index (χ4v) is 2.38. The predicted octanol–water partition coefficient (Wildman–Crippen LogP) is 0.885. The number of aliphatic carboxylic acids is 1. The molecule has 0 aromatic heterocycles. The minimum absolute atomic E-state index is 0.00917. The van der Waals surface area contributed by atoms with Gasteiger partial charge in [-0.25, -0.2) is 9.59 Å². The third-order valence-electron chi connectivity index (χ3n) is 3.38. The van der Waals surface area contributed by atoms with E-state index in [2.05, 4.69) is 5.32 Å². The molecule has 2 unspecified atom stereocenters. The summed E-state index contributed by atoms with van der Waals surface area (Å²) < 4.78 is 5.05. The van der Waals surface area contributed by atoms with Gasteiger partial charge in [0.15, 0.2) is 0 Å². The van der Waals surface area contributed by atoms with Crippen molar-refractivity contribution in [3.05, 3.63) is 29.8 Å². The van der Waals surface area contributed by atoms with E-state index < -0.39 is 24.1 Å². The van der Waals surface area contributed by atoms with Gasteiger partial charge in [-0.15, -0.1) is 0 Å². The number of rotatable bonds is 4. The van der Waals surface area contributed by atoms with Crippen LogP contribution in [0.25, 0.3) is 0 Å². The zero-order valence-corrected chi connectivity index (χ0v) is 11.7. The van der Waals surface area contributed by atoms with Gasteiger partial charge in [-0.2, -0.15) is 0 Å². The van der Waals surface area contributed by atoms with Gasteiger partial charge in [0.2, 0.25) is 0 Å². The second kappa shape index (κ2) is 6.55. The average molecular weight is 294 g/mol. The number of hydrogen-bond donors (Lipinski definition) is 3. The molecule has 2 amide bonds. The molecule has 0 spiro atoms. The maximum atomic E-state index is 12.2. The van der Waals surface area contributed by atoms with E-state index in [0.29, 0.717) is 12.3 Å². The summed E-state index contributed by atoms with van der Waals surface area (Å²) in [5.74, 6) is -1.12. The average Bonchev–Trinajstić information content (AvgIpc) is 2.84. The van der Waals surface area contributed by atoms with Crippen molar-refractivity contribution >= 4 is 17.7 Å². The molecule has 0 saturated carbocycles. The highest BCUT2D eigenvalue weighted by Gasteiger charge is 2.39. The number of carbonyl (C=O) groups excluding carboxylic acids is 1. The van der Waals surface area contributed by atoms with Crippen LogP contribution in [0.4, 0.5) is 10.5 Å². The molecular formula is C14H18N2O5. The molecule has 2 rings (SSSR count). The Morgan fingerprint density at radius 3 is 2.81 bits per heavy atom. The predicted molar refractivity (Wildman–Crippen MR) is 74.9 cm³/mol. The number of β-amino-alcohol motifs (C(OH)–C–C–N with tert-alkyl or cyclic N) is 1. The van der Waals surface area contributed by atoms with Gasteiger partial charge in [-0.1, -0.05) is 18.2 Å². The van der Waals surface area contributed by atoms with Crippen molar-refractivity contribution in [1.82, 2.24) is 4.90 Å². The molecule has 7 nitrogen and oxygen atoms in total. The maximum Gasteiger partial charge on any atom is 0.326 e. The molecule has 2 atom stereocenters. The lowest BCUT2D eigenvalue weighted by atomic mass is 10.2. The number of hydrogen-bond acceptors (Lipinski definition) is 4. The molecule has 1 aliphatic rings. The summed E-state index contributed by atoms with van der Waals surface area (Å²) in [5.41, 5.74) is 1.36. The van der Waals surface area contributed by atoms with E-state index in [0.717, 1.165) is 10.5 Å². The van der Waals surface area contributed by atoms with Crippen molar-refractivity contribution in [2.75, 3.05) is 19.0 Å². The Balaban J connectivity index is 2.12. The van der Waals surface area contributed by atoms with Crippen LogP contribution in [0.1, 0.15) is 12.0 Å². The van der Waals surface area contributed by atoms with Crippen LogP contribution < -0.4 is 5.32 Å². The fraction of sp³-hybridized carbons (Fsp3) is 0.429. The number of carboxylic acids is 1. The number of likely N-dealkylation sites (tertiary alicyclic amines) is 1. The van der Waals surface area contributed by atoms with Crippen LogP contribution in [0, 0.1) is 0 Å². The monoisotopic (exact) mass is 294 g/mol. The number of carbonyl (C=O) groups is 2. The van der Waals surface area contributed by atoms with Crippen molar-refractivity contribution < 1.29 is 24.5 Å². The van der Waals surface area contributed by atoms with Crippen LogP contribution in [-0.4, -0.2) is 52.9 Å². The number of nitrogens with one attached hydrogen (secondary N) is 1. The lowest BCUT2D eigenvalue weighted by Gasteiger charge is -2.22. The van der Waals surface area contributed by atoms with Crippen molar-refractivity contribution in [2.45, 2.75) is 25.2 Å². The van der Waals surface area contributed by atoms with Crippen LogP contribution in [-0.2, 0) is 16.1 Å². The minimum atomic E-state index is -1.12. The van der Waals surface area contributed by atoms with Crippen molar-refractivity contribution in [1.29, 1.82) is 0 Å². The number of ether oxygens (including phenoxy) is 1. The summed E-state index contributed by atoms with van der Waals surface area (Å²) in [6, 6.07) is 5.57. The van der Waals surface area contributed by atoms with Gasteiger partial charge in [-0.05, 0) is 6.07 Å². The molecule has 7 heteroatoms. The Morgan fingerprint density at radius 2 is 2.14 bits per heavy atom. The van der Waals surface area contributed by atoms with E-state index in [1.54, 1.807) is 19.2 Å². The standard InChI is InChI=1S/C14H18N2O5/c1-21-8-9-4-2-3-5-11(9)15-14(20)16-7-10(17)6-12(16)13(18)19/h2-5,10,12,17H,6-8H2,1H3,(H,15,20)(H,18,19). The summed E-state index contributed by atoms with van der Waals surface area (Å²) in [6.45, 7) is 0.344. The number of anilines is 1. The van der Waals surface area contributed by atoms with Gasteiger partial charge in [-0.3, -0.25) is 0 Å². The van der Waals surface area contributed by atoms with E-state index in [1.165, 1.54) is 0 Å². The largest absolute Gasteiger partial charge is 0.480 e. The van der Waals surface area contributed by atoms with Crippen LogP contribution >= 0.6 is 0 Å². The first-order valence-corrected chi connectivity index (χ1v) is 6.58. The summed E-state index contributed by atoms with van der Waals surface area (Å²) in [6.07, 6.45) is -0.770. The molecule has 1 aromatic rings. The Hall–Kier alpha value is -2.12. The summed E-state index contributed by atoms with van der Waals surface area (Å²) >= 11 is 0. The molecule has 114 valence electrons. The van der Waals surface area contributed by atoms with Crippen LogP contribution in [0.5, 0.6) is 0 Å². The molecule has 0 aliphatic carbocycles. The molecule has 1 saturated heterocycles. The number of methoxy groups -OCH3 is 1. The highest BCUT2D eigenvalue weighted by molar-refractivity contribution is 5.93. The molecule has 1 aromatic carbocycles. The molecular weight excluding hydrogens is 276 g/mol. The number of aliphatic hydroxyl groups is 1. The first kappa shape index (κ1) is 15.3. The molecule has 1 fully saturated rings. The van der Waals surface area contributed by atoms with E-state index in [1.807, 2.05) is 12.1 Å². The highest BCUT2D eigenvalue weighted by atomic mass is 16.5. The third kappa shape index (κ3) is 3.50. The van der Waals surface area contributed by atoms with Gasteiger partial charge in [0, 0.05) is 31.3 Å². The lowest BCUT2D eigenvalue weighted by molar-refractivity contribution is -0.141. The van der Waals surface area contributed by atoms with Gasteiger partial charge in [0.05, 0.1) is 12.7 Å². The number of aliphatic hydroxyl groups excluding tert-OH is 1. The van der Waals surface area contributed by atoms with E-state index in [-0.39, 0.29) is 13.0 Å². The fourth-order valence-electron chi connectivity index (χ4n) is 2.38. The number of urea groups is 1. The van der Waals surface area contributed by atoms with Crippen LogP contribution in [0.15, 0.2) is 24.3 Å². The second-order valence-corrected chi connectivity index (χ2v) is 4.92. The topological polar surface area (TPSA) is 99.1 Å². The van der Waals surface area contributed by atoms with Crippen molar-refractivity contribution in [3.8, 4) is 0 Å². The van der Waals surface area contributed by atoms with Gasteiger partial charge < -0.3 is 25.2 Å². The van der Waals surface area contributed by atoms with Gasteiger partial charge >= 0.3 is 12.0 Å². The smallest absolute Gasteiger partial charge is 0.326 e. The molecule has 0 radical (unpaired) electrons. The third-order valence-corrected chi connectivity index (χ3v) is 3.38. The maximum absolute atomic E-state index is 12.2. The number of amides is 2. The van der Waals surface area contributed by atoms with Crippen molar-refractivity contribution in [2.24, 2.45) is 0 Å². The molecule has 21 heavy (non-hydrogen) atoms. The summed E-state index contributed by atoms with van der Waals surface area (Å²) in [7, 11) is 1.55. The van der Waals surface area contributed by atoms with Crippen LogP contribution in [0.2, 0.25) is 0 Å². The molecule has 3 N–H and O–H groups in total. The Morgan fingerprint density at radius 1 is 1.43 bits per heavy atom. The Labute approximate surface area is 122 Å². The first-order chi connectivity index (χ1) is 10.0. The lowest BCUT2D eigenvalue weighted by Crippen LogP contribution is -2.43. The van der Waals surface area contributed by atoms with Crippen LogP contribution in [0.3, 0.4) is 0 Å². The first-order valence-electron chi connectivity index (χ1n) is 6.58. The number of benzene rings is 1. The summed E-state index contributed by atoms with van der Waals surface area (Å²) in [5, 5.41) is 21.3. The van der Waals surface area contributed by atoms with E-state index in [9.17, 15) is 14.7 Å².